The molecule has 2 unspecified atom stereocenters. The maximum absolute atomic E-state index is 10.9. The third-order valence-corrected chi connectivity index (χ3v) is 4.66. The number of nitrogens with zero attached hydrogens (tertiary/aromatic N) is 3. The molecule has 162 valence electrons. The first-order valence-corrected chi connectivity index (χ1v) is 10.0. The highest BCUT2D eigenvalue weighted by atomic mass is 35.7. The summed E-state index contributed by atoms with van der Waals surface area (Å²) in [5.74, 6) is 2.36. The first-order chi connectivity index (χ1) is 13.9. The van der Waals surface area contributed by atoms with Gasteiger partial charge in [0.15, 0.2) is 0 Å². The molecule has 3 rings (SSSR count). The molecule has 0 saturated carbocycles. The van der Waals surface area contributed by atoms with E-state index < -0.39 is 10.2 Å². The van der Waals surface area contributed by atoms with Crippen LogP contribution >= 0.6 is 0 Å². The molecule has 0 bridgehead atoms. The number of hydrogen-bond donors (Lipinski definition) is 0. The predicted octanol–water partition coefficient (Wildman–Crippen LogP) is -1.28. The second-order valence-electron chi connectivity index (χ2n) is 6.78. The lowest BCUT2D eigenvalue weighted by Crippen LogP contribution is -2.68. The van der Waals surface area contributed by atoms with Crippen molar-refractivity contribution < 1.29 is 43.1 Å². The summed E-state index contributed by atoms with van der Waals surface area (Å²) in [6.07, 6.45) is 0. The smallest absolute Gasteiger partial charge is 0.269 e. The van der Waals surface area contributed by atoms with E-state index in [1.165, 1.54) is 11.4 Å². The molecule has 1 saturated heterocycles. The SMILES string of the molecule is COc1ccc(C2C(C)C(=[N+](C)C)N2c2ccc([N+](=O)[O-])cc2)cc1.[O-][Cl+3]([O-])([O-])[O-]. The third kappa shape index (κ3) is 5.65. The number of halogens is 1. The molecule has 2 atom stereocenters. The molecular formula is C19H22ClN3O7. The van der Waals surface area contributed by atoms with Crippen LogP contribution < -0.4 is 28.3 Å². The third-order valence-electron chi connectivity index (χ3n) is 4.66. The Balaban J connectivity index is 0.000000575. The molecule has 10 nitrogen and oxygen atoms in total. The Morgan fingerprint density at radius 2 is 1.47 bits per heavy atom. The van der Waals surface area contributed by atoms with Gasteiger partial charge in [0, 0.05) is 12.1 Å². The fourth-order valence-electron chi connectivity index (χ4n) is 3.53. The van der Waals surface area contributed by atoms with Gasteiger partial charge >= 0.3 is 0 Å². The minimum atomic E-state index is -4.94. The van der Waals surface area contributed by atoms with Crippen LogP contribution in [0.4, 0.5) is 11.4 Å². The number of amidine groups is 1. The molecule has 2 aromatic carbocycles. The molecule has 1 aliphatic heterocycles. The number of ether oxygens (including phenoxy) is 1. The van der Waals surface area contributed by atoms with E-state index in [0.717, 1.165) is 11.4 Å². The van der Waals surface area contributed by atoms with E-state index in [2.05, 4.69) is 28.5 Å². The van der Waals surface area contributed by atoms with E-state index in [-0.39, 0.29) is 16.7 Å². The molecule has 0 spiro atoms. The van der Waals surface area contributed by atoms with Gasteiger partial charge < -0.3 is 4.74 Å². The van der Waals surface area contributed by atoms with Crippen molar-refractivity contribution in [3.05, 3.63) is 64.2 Å². The Morgan fingerprint density at radius 3 is 1.87 bits per heavy atom. The zero-order valence-corrected chi connectivity index (χ0v) is 17.6. The summed E-state index contributed by atoms with van der Waals surface area (Å²) >= 11 is 0. The van der Waals surface area contributed by atoms with Gasteiger partial charge in [0.2, 0.25) is 0 Å². The lowest BCUT2D eigenvalue weighted by Gasteiger charge is -2.42. The van der Waals surface area contributed by atoms with E-state index in [4.69, 9.17) is 23.4 Å². The monoisotopic (exact) mass is 439 g/mol. The maximum Gasteiger partial charge on any atom is 0.269 e. The number of nitro groups is 1. The zero-order valence-electron chi connectivity index (χ0n) is 16.9. The predicted molar refractivity (Wildman–Crippen MR) is 97.6 cm³/mol. The van der Waals surface area contributed by atoms with Crippen molar-refractivity contribution in [2.75, 3.05) is 26.1 Å². The largest absolute Gasteiger partial charge is 0.497 e. The highest BCUT2D eigenvalue weighted by Gasteiger charge is 2.52. The molecule has 30 heavy (non-hydrogen) atoms. The minimum absolute atomic E-state index is 0.102. The fourth-order valence-corrected chi connectivity index (χ4v) is 3.53. The normalized spacial score (nSPS) is 18.1. The van der Waals surface area contributed by atoms with E-state index in [0.29, 0.717) is 5.92 Å². The van der Waals surface area contributed by atoms with Crippen LogP contribution in [0.25, 0.3) is 0 Å². The zero-order chi connectivity index (χ0) is 22.6. The Bertz CT molecular complexity index is 901. The number of nitro benzene ring substituents is 1. The topological polar surface area (TPSA) is 151 Å². The van der Waals surface area contributed by atoms with E-state index in [1.54, 1.807) is 19.2 Å². The molecule has 0 N–H and O–H groups in total. The quantitative estimate of drug-likeness (QED) is 0.324. The van der Waals surface area contributed by atoms with Gasteiger partial charge in [0.25, 0.3) is 11.5 Å². The highest BCUT2D eigenvalue weighted by molar-refractivity contribution is 6.03. The Morgan fingerprint density at radius 1 is 0.967 bits per heavy atom. The van der Waals surface area contributed by atoms with Crippen LogP contribution in [-0.2, 0) is 0 Å². The molecule has 0 aliphatic carbocycles. The Hall–Kier alpha value is -2.76. The summed E-state index contributed by atoms with van der Waals surface area (Å²) in [5.41, 5.74) is 2.25. The van der Waals surface area contributed by atoms with E-state index in [1.807, 2.05) is 38.4 Å². The number of benzene rings is 2. The summed E-state index contributed by atoms with van der Waals surface area (Å²) in [5, 5.41) is 10.9. The first-order valence-electron chi connectivity index (χ1n) is 8.77. The van der Waals surface area contributed by atoms with Gasteiger partial charge in [-0.25, -0.2) is 23.5 Å². The van der Waals surface area contributed by atoms with Crippen molar-refractivity contribution in [3.63, 3.8) is 0 Å². The van der Waals surface area contributed by atoms with Crippen LogP contribution in [0.3, 0.4) is 0 Å². The van der Waals surface area contributed by atoms with Gasteiger partial charge in [-0.05, 0) is 36.8 Å². The molecule has 2 aromatic rings. The molecule has 1 fully saturated rings. The van der Waals surface area contributed by atoms with Crippen molar-refractivity contribution >= 4 is 17.2 Å². The standard InChI is InChI=1S/C19H22N3O3.ClHO4/c1-13-18(14-5-11-17(25-4)12-6-14)21(19(13)20(2)3)15-7-9-16(10-8-15)22(23)24;2-1(3,4)5/h5-13,18H,1-4H3;(H,2,3,4,5)/q+1;/p-1. The number of rotatable bonds is 4. The van der Waals surface area contributed by atoms with Gasteiger partial charge in [-0.15, -0.1) is 10.2 Å². The van der Waals surface area contributed by atoms with E-state index in [9.17, 15) is 10.1 Å². The Kier molecular flexibility index (Phi) is 7.34. The van der Waals surface area contributed by atoms with Crippen LogP contribution in [0.2, 0.25) is 0 Å². The molecule has 0 aromatic heterocycles. The Labute approximate surface area is 175 Å². The summed E-state index contributed by atoms with van der Waals surface area (Å²) < 4.78 is 41.3. The van der Waals surface area contributed by atoms with Gasteiger partial charge in [0.1, 0.15) is 23.4 Å². The summed E-state index contributed by atoms with van der Waals surface area (Å²) in [6.45, 7) is 2.20. The second kappa shape index (κ2) is 9.37. The molecular weight excluding hydrogens is 418 g/mol. The van der Waals surface area contributed by atoms with Crippen LogP contribution in [-0.4, -0.2) is 36.5 Å². The molecule has 11 heteroatoms. The second-order valence-corrected chi connectivity index (χ2v) is 7.54. The molecule has 0 amide bonds. The summed E-state index contributed by atoms with van der Waals surface area (Å²) in [6, 6.07) is 15.0. The van der Waals surface area contributed by atoms with Crippen molar-refractivity contribution in [2.45, 2.75) is 13.0 Å². The molecule has 1 aliphatic rings. The average Bonchev–Trinajstić information content (AvgIpc) is 2.65. The van der Waals surface area contributed by atoms with Crippen molar-refractivity contribution in [1.29, 1.82) is 0 Å². The average molecular weight is 440 g/mol. The van der Waals surface area contributed by atoms with E-state index >= 15 is 0 Å². The van der Waals surface area contributed by atoms with Crippen LogP contribution in [0.5, 0.6) is 5.75 Å². The fraction of sp³-hybridized carbons (Fsp3) is 0.316. The maximum atomic E-state index is 10.9. The number of non-ortho nitro benzene ring substituents is 1. The molecule has 1 heterocycles. The van der Waals surface area contributed by atoms with Gasteiger partial charge in [-0.3, -0.25) is 14.7 Å². The van der Waals surface area contributed by atoms with Crippen LogP contribution in [0.1, 0.15) is 18.5 Å². The van der Waals surface area contributed by atoms with Gasteiger partial charge in [-0.2, -0.15) is 0 Å². The summed E-state index contributed by atoms with van der Waals surface area (Å²) in [7, 11) is 0.755. The lowest BCUT2D eigenvalue weighted by atomic mass is 9.82. The number of anilines is 1. The van der Waals surface area contributed by atoms with Crippen molar-refractivity contribution in [1.82, 2.24) is 0 Å². The number of methoxy groups -OCH3 is 1. The van der Waals surface area contributed by atoms with Crippen molar-refractivity contribution in [3.8, 4) is 5.75 Å². The van der Waals surface area contributed by atoms with Crippen molar-refractivity contribution in [2.24, 2.45) is 5.92 Å². The highest BCUT2D eigenvalue weighted by Crippen LogP contribution is 2.44. The minimum Gasteiger partial charge on any atom is -0.497 e. The lowest BCUT2D eigenvalue weighted by molar-refractivity contribution is -2.00. The summed E-state index contributed by atoms with van der Waals surface area (Å²) in [4.78, 5) is 12.8. The first kappa shape index (κ1) is 23.5. The van der Waals surface area contributed by atoms with Crippen LogP contribution in [0, 0.1) is 26.3 Å². The van der Waals surface area contributed by atoms with Gasteiger partial charge in [-0.1, -0.05) is 12.1 Å². The molecule has 0 radical (unpaired) electrons. The van der Waals surface area contributed by atoms with Crippen LogP contribution in [0.15, 0.2) is 48.5 Å². The number of hydrogen-bond acceptors (Lipinski definition) is 7. The van der Waals surface area contributed by atoms with Gasteiger partial charge in [0.05, 0.1) is 26.1 Å².